The molecule has 32 nitrogen and oxygen atoms in total. The first-order valence-electron chi connectivity index (χ1n) is 26.9. The lowest BCUT2D eigenvalue weighted by Crippen LogP contribution is -2.47. The van der Waals surface area contributed by atoms with E-state index in [1.807, 2.05) is 29.8 Å². The maximum absolute atomic E-state index is 12.8. The molecule has 0 unspecified atom stereocenters. The Kier molecular flexibility index (Phi) is 22.3. The maximum atomic E-state index is 12.8. The van der Waals surface area contributed by atoms with Crippen molar-refractivity contribution in [1.82, 2.24) is 69.7 Å². The number of halogens is 12. The number of carboxylic acid groups (broad SMARTS) is 1. The van der Waals surface area contributed by atoms with E-state index in [-0.39, 0.29) is 70.6 Å². The van der Waals surface area contributed by atoms with Crippen LogP contribution in [0.1, 0.15) is 118 Å². The Hall–Kier alpha value is -8.77. The molecule has 2 saturated carbocycles. The van der Waals surface area contributed by atoms with E-state index >= 15 is 0 Å². The lowest BCUT2D eigenvalue weighted by molar-refractivity contribution is -0.276. The molecule has 10 rings (SSSR count). The summed E-state index contributed by atoms with van der Waals surface area (Å²) < 4.78 is 157. The van der Waals surface area contributed by atoms with E-state index in [1.54, 1.807) is 6.07 Å². The zero-order chi connectivity index (χ0) is 69.6. The molecule has 4 fully saturated rings. The van der Waals surface area contributed by atoms with Crippen LogP contribution in [-0.4, -0.2) is 179 Å². The van der Waals surface area contributed by atoms with Crippen LogP contribution in [-0.2, 0) is 51.9 Å². The minimum absolute atomic E-state index is 0.0178. The predicted octanol–water partition coefficient (Wildman–Crippen LogP) is 8.23. The summed E-state index contributed by atoms with van der Waals surface area (Å²) in [5, 5.41) is 41.6. The van der Waals surface area contributed by atoms with E-state index < -0.39 is 94.4 Å². The third kappa shape index (κ3) is 20.9. The van der Waals surface area contributed by atoms with Gasteiger partial charge in [0.25, 0.3) is 11.8 Å². The van der Waals surface area contributed by atoms with Gasteiger partial charge in [-0.05, 0) is 39.5 Å². The molecule has 8 heterocycles. The van der Waals surface area contributed by atoms with Gasteiger partial charge in [-0.3, -0.25) is 43.4 Å². The number of aromatic nitrogens is 12. The van der Waals surface area contributed by atoms with E-state index in [1.165, 1.54) is 46.3 Å². The van der Waals surface area contributed by atoms with Crippen LogP contribution in [0.5, 0.6) is 23.5 Å². The zero-order valence-corrected chi connectivity index (χ0v) is 53.1. The number of ether oxygens (including phenoxy) is 9. The summed E-state index contributed by atoms with van der Waals surface area (Å²) in [6, 6.07) is 6.76. The smallest absolute Gasteiger partial charge is 0.465 e. The van der Waals surface area contributed by atoms with E-state index in [2.05, 4.69) is 96.8 Å². The SMILES string of the molecule is COC(=O)c1cc(OC(F)(F)Br)nn1C.COC(=O)c1cc(OC(F)(F)Cl)nn1C.Cn1nc(OC(F)(F)Cl)cc1C(=O)Nc1cc([C@H]2C[C@@H](N(C(=O)O)C3(C)CC3)CO2)[nH]n1.Cn1nc(OC(F)(F)F)cc1C(=O)Nc1cc([C@H]2C[C@@H](OC(=O)NC3(C)CC3)CO2)[nH]n1. The quantitative estimate of drug-likeness (QED) is 0.0192. The third-order valence-electron chi connectivity index (χ3n) is 13.7. The van der Waals surface area contributed by atoms with Crippen molar-refractivity contribution >= 4 is 86.7 Å². The molecule has 516 valence electrons. The fraction of sp³-hybridized carbons (Fsp3) is 0.520. The van der Waals surface area contributed by atoms with E-state index in [0.29, 0.717) is 24.2 Å². The van der Waals surface area contributed by atoms with Crippen molar-refractivity contribution in [2.24, 2.45) is 28.2 Å². The molecule has 94 heavy (non-hydrogen) atoms. The van der Waals surface area contributed by atoms with Crippen LogP contribution < -0.4 is 34.9 Å². The van der Waals surface area contributed by atoms with Gasteiger partial charge in [0.15, 0.2) is 11.6 Å². The molecule has 4 aliphatic rings. The number of nitrogens with zero attached hydrogens (tertiary/aromatic N) is 11. The number of anilines is 2. The van der Waals surface area contributed by atoms with E-state index in [9.17, 15) is 73.4 Å². The molecule has 6 N–H and O–H groups in total. The Balaban J connectivity index is 0.000000189. The molecule has 6 aromatic heterocycles. The molecule has 6 aromatic rings. The van der Waals surface area contributed by atoms with Crippen molar-refractivity contribution in [1.29, 1.82) is 0 Å². The fourth-order valence-electron chi connectivity index (χ4n) is 8.84. The van der Waals surface area contributed by atoms with Crippen LogP contribution in [0, 0.1) is 0 Å². The highest BCUT2D eigenvalue weighted by Crippen LogP contribution is 2.45. The Morgan fingerprint density at radius 3 is 1.43 bits per heavy atom. The Bertz CT molecular complexity index is 3610. The average Bonchev–Trinajstić information content (AvgIpc) is 1.62. The number of esters is 2. The first kappa shape index (κ1) is 72.7. The Morgan fingerprint density at radius 2 is 1.03 bits per heavy atom. The number of methoxy groups -OCH3 is 2. The number of aryl methyl sites for hydroxylation is 4. The molecule has 44 heteroatoms. The number of carbonyl (C=O) groups is 6. The predicted molar refractivity (Wildman–Crippen MR) is 302 cm³/mol. The molecule has 2 aliphatic heterocycles. The second-order valence-corrected chi connectivity index (χ2v) is 22.9. The van der Waals surface area contributed by atoms with Crippen LogP contribution in [0.25, 0.3) is 0 Å². The van der Waals surface area contributed by atoms with Gasteiger partial charge in [-0.2, -0.15) is 19.0 Å². The van der Waals surface area contributed by atoms with Crippen molar-refractivity contribution in [3.8, 4) is 23.5 Å². The third-order valence-corrected chi connectivity index (χ3v) is 14.0. The normalized spacial score (nSPS) is 18.5. The minimum Gasteiger partial charge on any atom is -0.465 e. The highest BCUT2D eigenvalue weighted by atomic mass is 79.9. The number of aromatic amines is 2. The number of hydrogen-bond donors (Lipinski definition) is 6. The standard InChI is InChI=1S/C18H21ClF2N6O5.C18H21F3N6O5.C7H7BrF2N2O3.C7H7ClF2N2O3/c1-17(3-4-17)27(16(29)30)9-5-12(31-8-9)10-6-13(24-23-10)22-15(28)11-7-14(25-26(11)2)32-18(19,20)21;1-17(3-4-17)23-16(29)31-9-5-12(30-8-9)10-6-13(25-24-10)22-15(28)11-7-14(26-27(11)2)32-18(19,20)21;2*1-12-4(6(13)14-2)3-5(11-12)15-7(8,9)10/h6-7,9,12H,3-5,8H2,1-2H3,(H,29,30)(H2,22,23,24,28);6-7,9,12H,3-5,8H2,1-2H3,(H,23,29)(H2,22,24,25,28);2*3H,1-2H3/t2*9-,12-;;/m11../s1. The number of nitrogens with one attached hydrogen (secondary N) is 5. The van der Waals surface area contributed by atoms with Crippen LogP contribution in [0.4, 0.5) is 60.7 Å². The molecular formula is C50H56BrCl2F9N16O16. The number of H-pyrrole nitrogens is 2. The van der Waals surface area contributed by atoms with Crippen LogP contribution >= 0.6 is 39.1 Å². The molecule has 0 radical (unpaired) electrons. The second kappa shape index (κ2) is 28.8. The highest BCUT2D eigenvalue weighted by molar-refractivity contribution is 9.09. The van der Waals surface area contributed by atoms with Gasteiger partial charge in [-0.15, -0.1) is 51.1 Å². The second-order valence-electron chi connectivity index (χ2n) is 21.1. The number of alkyl halides is 12. The molecule has 0 bridgehead atoms. The Labute approximate surface area is 541 Å². The number of amides is 4. The maximum Gasteiger partial charge on any atom is 0.574 e. The van der Waals surface area contributed by atoms with Crippen LogP contribution in [0.2, 0.25) is 0 Å². The van der Waals surface area contributed by atoms with Crippen molar-refractivity contribution in [3.05, 3.63) is 70.6 Å². The number of alkyl carbamates (subject to hydrolysis) is 1. The Morgan fingerprint density at radius 1 is 0.628 bits per heavy atom. The lowest BCUT2D eigenvalue weighted by Gasteiger charge is -2.31. The van der Waals surface area contributed by atoms with Crippen LogP contribution in [0.15, 0.2) is 36.4 Å². The van der Waals surface area contributed by atoms with Gasteiger partial charge >= 0.3 is 46.6 Å². The number of rotatable bonds is 19. The van der Waals surface area contributed by atoms with Gasteiger partial charge in [-0.25, -0.2) is 19.2 Å². The van der Waals surface area contributed by atoms with Gasteiger partial charge in [0, 0.05) is 128 Å². The zero-order valence-electron chi connectivity index (χ0n) is 50.0. The van der Waals surface area contributed by atoms with Gasteiger partial charge in [0.2, 0.25) is 23.5 Å². The summed E-state index contributed by atoms with van der Waals surface area (Å²) in [5.74, 6) is -4.57. The summed E-state index contributed by atoms with van der Waals surface area (Å²) in [7, 11) is 7.81. The largest absolute Gasteiger partial charge is 0.574 e. The number of hydrogen-bond acceptors (Lipinski definition) is 21. The van der Waals surface area contributed by atoms with Crippen molar-refractivity contribution in [2.45, 2.75) is 110 Å². The van der Waals surface area contributed by atoms with Gasteiger partial charge in [0.05, 0.1) is 44.9 Å². The van der Waals surface area contributed by atoms with Gasteiger partial charge in [-0.1, -0.05) is 0 Å². The minimum atomic E-state index is -4.92. The van der Waals surface area contributed by atoms with Gasteiger partial charge < -0.3 is 63.7 Å². The summed E-state index contributed by atoms with van der Waals surface area (Å²) in [6.07, 6.45) is -3.29. The van der Waals surface area contributed by atoms with Gasteiger partial charge in [0.1, 0.15) is 41.1 Å². The van der Waals surface area contributed by atoms with Crippen molar-refractivity contribution in [2.75, 3.05) is 38.1 Å². The monoisotopic (exact) mass is 1460 g/mol. The molecule has 4 amide bonds. The molecule has 4 atom stereocenters. The van der Waals surface area contributed by atoms with Crippen molar-refractivity contribution < 1.29 is 116 Å². The first-order chi connectivity index (χ1) is 43.6. The fourth-order valence-corrected chi connectivity index (χ4v) is 9.16. The topological polar surface area (TPSA) is 374 Å². The summed E-state index contributed by atoms with van der Waals surface area (Å²) in [6.45, 7) is 4.34. The first-order valence-corrected chi connectivity index (χ1v) is 28.5. The van der Waals surface area contributed by atoms with Crippen molar-refractivity contribution in [3.63, 3.8) is 0 Å². The molecule has 2 saturated heterocycles. The average molecular weight is 1460 g/mol. The lowest BCUT2D eigenvalue weighted by atomic mass is 10.1. The molecule has 0 spiro atoms. The summed E-state index contributed by atoms with van der Waals surface area (Å²) >= 11 is 11.2. The molecular weight excluding hydrogens is 1400 g/mol. The highest BCUT2D eigenvalue weighted by Gasteiger charge is 2.51. The van der Waals surface area contributed by atoms with E-state index in [4.69, 9.17) is 25.8 Å². The van der Waals surface area contributed by atoms with E-state index in [0.717, 1.165) is 75.8 Å². The molecule has 0 aromatic carbocycles. The summed E-state index contributed by atoms with van der Waals surface area (Å²) in [4.78, 5) is 72.1. The van der Waals surface area contributed by atoms with Crippen LogP contribution in [0.3, 0.4) is 0 Å². The summed E-state index contributed by atoms with van der Waals surface area (Å²) in [5.41, 5.74) is -7.43. The molecule has 2 aliphatic carbocycles. The number of carbonyl (C=O) groups excluding carboxylic acids is 5.